The minimum Gasteiger partial charge on any atom is -0.493 e. The molecule has 5 rings (SSSR count). The first-order chi connectivity index (χ1) is 23.0. The van der Waals surface area contributed by atoms with Gasteiger partial charge in [0, 0.05) is 24.7 Å². The Bertz CT molecular complexity index is 1740. The van der Waals surface area contributed by atoms with Gasteiger partial charge in [0.15, 0.2) is 0 Å². The molecule has 1 aliphatic rings. The molecule has 48 heavy (non-hydrogen) atoms. The van der Waals surface area contributed by atoms with Crippen molar-refractivity contribution in [1.29, 1.82) is 0 Å². The Morgan fingerprint density at radius 3 is 2.42 bits per heavy atom. The highest BCUT2D eigenvalue weighted by Gasteiger charge is 2.32. The van der Waals surface area contributed by atoms with Crippen molar-refractivity contribution in [2.24, 2.45) is 0 Å². The van der Waals surface area contributed by atoms with E-state index in [0.29, 0.717) is 35.3 Å². The number of aliphatic hydroxyl groups is 1. The normalized spacial score (nSPS) is 15.2. The van der Waals surface area contributed by atoms with Crippen LogP contribution in [0.3, 0.4) is 0 Å². The van der Waals surface area contributed by atoms with Crippen LogP contribution < -0.4 is 19.5 Å². The fraction of sp³-hybridized carbons (Fsp3) is 0.359. The largest absolute Gasteiger partial charge is 0.493 e. The lowest BCUT2D eigenvalue weighted by atomic mass is 9.91. The van der Waals surface area contributed by atoms with E-state index >= 15 is 0 Å². The van der Waals surface area contributed by atoms with Crippen molar-refractivity contribution >= 4 is 17.6 Å². The van der Waals surface area contributed by atoms with E-state index in [-0.39, 0.29) is 12.6 Å². The minimum atomic E-state index is -1.50. The first kappa shape index (κ1) is 35.2. The SMILES string of the molecule is CCOc1cc(O[C@H]2CCc3c(-c4cccc(COc5ccc(CN(C)C)cc5)c4C)cccc32)c(Cl)cc1CN[C@@](C)(CO)C(=O)O. The van der Waals surface area contributed by atoms with Crippen LogP contribution in [0.25, 0.3) is 11.1 Å². The molecule has 0 aliphatic heterocycles. The minimum absolute atomic E-state index is 0.140. The summed E-state index contributed by atoms with van der Waals surface area (Å²) in [5.74, 6) is 0.744. The highest BCUT2D eigenvalue weighted by molar-refractivity contribution is 6.32. The smallest absolute Gasteiger partial charge is 0.326 e. The molecule has 4 aromatic rings. The number of carbonyl (C=O) groups is 1. The summed E-state index contributed by atoms with van der Waals surface area (Å²) < 4.78 is 18.6. The first-order valence-electron chi connectivity index (χ1n) is 16.3. The number of rotatable bonds is 15. The number of aliphatic hydroxyl groups excluding tert-OH is 1. The molecule has 9 heteroatoms. The van der Waals surface area contributed by atoms with E-state index in [4.69, 9.17) is 25.8 Å². The van der Waals surface area contributed by atoms with Gasteiger partial charge in [0.25, 0.3) is 0 Å². The number of nitrogens with zero attached hydrogens (tertiary/aromatic N) is 1. The molecule has 8 nitrogen and oxygen atoms in total. The molecular weight excluding hydrogens is 628 g/mol. The highest BCUT2D eigenvalue weighted by Crippen LogP contribution is 2.43. The molecule has 0 radical (unpaired) electrons. The van der Waals surface area contributed by atoms with Gasteiger partial charge in [-0.25, -0.2) is 0 Å². The van der Waals surface area contributed by atoms with Gasteiger partial charge in [-0.3, -0.25) is 10.1 Å². The molecule has 0 saturated heterocycles. The van der Waals surface area contributed by atoms with Gasteiger partial charge in [-0.15, -0.1) is 0 Å². The summed E-state index contributed by atoms with van der Waals surface area (Å²) in [5, 5.41) is 22.5. The van der Waals surface area contributed by atoms with Gasteiger partial charge in [-0.05, 0) is 105 Å². The van der Waals surface area contributed by atoms with E-state index < -0.39 is 18.1 Å². The molecule has 0 saturated carbocycles. The third-order valence-corrected chi connectivity index (χ3v) is 9.21. The standard InChI is InChI=1S/C39H45ClN2O6/c1-6-46-36-20-37(34(40)19-28(36)21-41-39(3,24-43)38(44)45)48-35-18-17-32-31(11-8-12-33(32)35)30-10-7-9-27(25(30)2)23-47-29-15-13-26(14-16-29)22-42(4)5/h7-16,19-20,35,41,43H,6,17-18,21-24H2,1-5H3,(H,44,45)/t35-,39-/m0/s1. The van der Waals surface area contributed by atoms with Crippen molar-refractivity contribution < 1.29 is 29.2 Å². The Hall–Kier alpha value is -4.08. The average molecular weight is 673 g/mol. The van der Waals surface area contributed by atoms with E-state index in [0.717, 1.165) is 36.3 Å². The van der Waals surface area contributed by atoms with Crippen LogP contribution in [0.2, 0.25) is 5.02 Å². The van der Waals surface area contributed by atoms with Gasteiger partial charge in [-0.2, -0.15) is 0 Å². The number of ether oxygens (including phenoxy) is 3. The number of hydrogen-bond acceptors (Lipinski definition) is 7. The zero-order valence-electron chi connectivity index (χ0n) is 28.3. The maximum absolute atomic E-state index is 11.7. The number of aliphatic carboxylic acids is 1. The van der Waals surface area contributed by atoms with Gasteiger partial charge in [0.05, 0.1) is 18.2 Å². The van der Waals surface area contributed by atoms with Gasteiger partial charge < -0.3 is 29.3 Å². The number of fused-ring (bicyclic) bond motifs is 1. The lowest BCUT2D eigenvalue weighted by Crippen LogP contribution is -2.52. The van der Waals surface area contributed by atoms with Gasteiger partial charge in [-0.1, -0.05) is 60.1 Å². The van der Waals surface area contributed by atoms with Crippen molar-refractivity contribution in [3.8, 4) is 28.4 Å². The molecule has 4 aromatic carbocycles. The maximum Gasteiger partial charge on any atom is 0.326 e. The molecule has 0 amide bonds. The van der Waals surface area contributed by atoms with Gasteiger partial charge >= 0.3 is 5.97 Å². The quantitative estimate of drug-likeness (QED) is 0.121. The number of nitrogens with one attached hydrogen (secondary N) is 1. The Labute approximate surface area is 288 Å². The summed E-state index contributed by atoms with van der Waals surface area (Å²) in [5.41, 5.74) is 7.51. The van der Waals surface area contributed by atoms with Crippen LogP contribution in [0.15, 0.2) is 72.8 Å². The Kier molecular flexibility index (Phi) is 11.3. The van der Waals surface area contributed by atoms with Crippen molar-refractivity contribution in [3.05, 3.63) is 111 Å². The number of benzene rings is 4. The number of carboxylic acids is 1. The highest BCUT2D eigenvalue weighted by atomic mass is 35.5. The number of carboxylic acid groups (broad SMARTS) is 1. The van der Waals surface area contributed by atoms with Crippen LogP contribution in [0.5, 0.6) is 17.2 Å². The van der Waals surface area contributed by atoms with E-state index in [1.807, 2.05) is 19.1 Å². The second-order valence-corrected chi connectivity index (χ2v) is 13.2. The van der Waals surface area contributed by atoms with E-state index in [1.165, 1.54) is 34.7 Å². The molecule has 0 aromatic heterocycles. The predicted octanol–water partition coefficient (Wildman–Crippen LogP) is 7.35. The number of halogens is 1. The second kappa shape index (κ2) is 15.4. The summed E-state index contributed by atoms with van der Waals surface area (Å²) in [4.78, 5) is 13.8. The van der Waals surface area contributed by atoms with Crippen LogP contribution in [-0.2, 0) is 30.9 Å². The molecule has 0 unspecified atom stereocenters. The van der Waals surface area contributed by atoms with Crippen molar-refractivity contribution in [2.75, 3.05) is 27.3 Å². The molecule has 1 aliphatic carbocycles. The van der Waals surface area contributed by atoms with Crippen LogP contribution in [0, 0.1) is 6.92 Å². The summed E-state index contributed by atoms with van der Waals surface area (Å²) in [6.45, 7) is 6.82. The van der Waals surface area contributed by atoms with Crippen LogP contribution in [0.4, 0.5) is 0 Å². The summed E-state index contributed by atoms with van der Waals surface area (Å²) >= 11 is 6.73. The van der Waals surface area contributed by atoms with Crippen molar-refractivity contribution in [3.63, 3.8) is 0 Å². The summed E-state index contributed by atoms with van der Waals surface area (Å²) in [7, 11) is 4.12. The molecule has 0 bridgehead atoms. The summed E-state index contributed by atoms with van der Waals surface area (Å²) in [6.07, 6.45) is 1.47. The Morgan fingerprint density at radius 1 is 1.00 bits per heavy atom. The fourth-order valence-electron chi connectivity index (χ4n) is 6.08. The predicted molar refractivity (Wildman–Crippen MR) is 189 cm³/mol. The van der Waals surface area contributed by atoms with E-state index in [9.17, 15) is 15.0 Å². The van der Waals surface area contributed by atoms with Crippen molar-refractivity contribution in [2.45, 2.75) is 65.0 Å². The fourth-order valence-corrected chi connectivity index (χ4v) is 6.31. The average Bonchev–Trinajstić information content (AvgIpc) is 3.48. The molecular formula is C39H45ClN2O6. The van der Waals surface area contributed by atoms with Crippen LogP contribution >= 0.6 is 11.6 Å². The zero-order chi connectivity index (χ0) is 34.4. The van der Waals surface area contributed by atoms with E-state index in [2.05, 4.69) is 79.8 Å². The molecule has 0 fully saturated rings. The second-order valence-electron chi connectivity index (χ2n) is 12.8. The molecule has 0 heterocycles. The van der Waals surface area contributed by atoms with Gasteiger partial charge in [0.1, 0.15) is 35.5 Å². The molecule has 0 spiro atoms. The zero-order valence-corrected chi connectivity index (χ0v) is 29.1. The van der Waals surface area contributed by atoms with E-state index in [1.54, 1.807) is 12.1 Å². The van der Waals surface area contributed by atoms with Gasteiger partial charge in [0.2, 0.25) is 0 Å². The summed E-state index contributed by atoms with van der Waals surface area (Å²) in [6, 6.07) is 24.5. The third kappa shape index (κ3) is 7.96. The number of hydrogen-bond donors (Lipinski definition) is 3. The first-order valence-corrected chi connectivity index (χ1v) is 16.7. The topological polar surface area (TPSA) is 100 Å². The lowest BCUT2D eigenvalue weighted by molar-refractivity contribution is -0.145. The van der Waals surface area contributed by atoms with Crippen molar-refractivity contribution in [1.82, 2.24) is 10.2 Å². The lowest BCUT2D eigenvalue weighted by Gasteiger charge is -2.25. The molecule has 2 atom stereocenters. The maximum atomic E-state index is 11.7. The molecule has 254 valence electrons. The van der Waals surface area contributed by atoms with Crippen LogP contribution in [-0.4, -0.2) is 53.9 Å². The van der Waals surface area contributed by atoms with Crippen LogP contribution in [0.1, 0.15) is 59.8 Å². The molecule has 3 N–H and O–H groups in total. The Morgan fingerprint density at radius 2 is 1.73 bits per heavy atom. The Balaban J connectivity index is 1.34. The monoisotopic (exact) mass is 672 g/mol. The third-order valence-electron chi connectivity index (χ3n) is 8.91.